The number of aryl methyl sites for hydroxylation is 1. The summed E-state index contributed by atoms with van der Waals surface area (Å²) in [5.74, 6) is 1.03. The molecule has 0 aromatic carbocycles. The van der Waals surface area contributed by atoms with E-state index >= 15 is 0 Å². The normalized spacial score (nSPS) is 10.4. The maximum atomic E-state index is 11.8. The fraction of sp³-hybridized carbons (Fsp3) is 0.273. The van der Waals surface area contributed by atoms with Gasteiger partial charge in [0.05, 0.1) is 12.8 Å². The molecule has 2 heterocycles. The molecule has 0 unspecified atom stereocenters. The molecule has 0 atom stereocenters. The van der Waals surface area contributed by atoms with Crippen molar-refractivity contribution in [2.45, 2.75) is 6.54 Å². The highest BCUT2D eigenvalue weighted by molar-refractivity contribution is 5.91. The van der Waals surface area contributed by atoms with Gasteiger partial charge in [0, 0.05) is 26.5 Å². The Bertz CT molecular complexity index is 473. The van der Waals surface area contributed by atoms with E-state index in [1.807, 2.05) is 17.8 Å². The average molecular weight is 219 g/mol. The number of hydrogen-bond donors (Lipinski definition) is 0. The molecule has 2 aromatic rings. The number of hydrogen-bond acceptors (Lipinski definition) is 3. The Balaban J connectivity index is 2.07. The highest BCUT2D eigenvalue weighted by atomic mass is 16.3. The van der Waals surface area contributed by atoms with E-state index in [1.54, 1.807) is 30.3 Å². The molecule has 0 spiro atoms. The summed E-state index contributed by atoms with van der Waals surface area (Å²) in [4.78, 5) is 17.6. The minimum absolute atomic E-state index is 0.145. The Kier molecular flexibility index (Phi) is 2.76. The zero-order valence-corrected chi connectivity index (χ0v) is 9.25. The van der Waals surface area contributed by atoms with Crippen molar-refractivity contribution in [3.05, 3.63) is 42.4 Å². The quantitative estimate of drug-likeness (QED) is 0.781. The fourth-order valence-electron chi connectivity index (χ4n) is 1.42. The second-order valence-corrected chi connectivity index (χ2v) is 3.59. The largest absolute Gasteiger partial charge is 0.459 e. The summed E-state index contributed by atoms with van der Waals surface area (Å²) in [6, 6.07) is 3.35. The lowest BCUT2D eigenvalue weighted by molar-refractivity contribution is 0.0749. The lowest BCUT2D eigenvalue weighted by Crippen LogP contribution is -2.27. The van der Waals surface area contributed by atoms with Gasteiger partial charge in [0.25, 0.3) is 5.91 Å². The molecule has 0 saturated heterocycles. The monoisotopic (exact) mass is 219 g/mol. The van der Waals surface area contributed by atoms with E-state index in [2.05, 4.69) is 4.98 Å². The molecule has 0 radical (unpaired) electrons. The van der Waals surface area contributed by atoms with E-state index in [1.165, 1.54) is 6.26 Å². The minimum Gasteiger partial charge on any atom is -0.459 e. The predicted molar refractivity (Wildman–Crippen MR) is 57.7 cm³/mol. The number of carbonyl (C=O) groups is 1. The molecule has 0 bridgehead atoms. The van der Waals surface area contributed by atoms with Gasteiger partial charge < -0.3 is 13.9 Å². The van der Waals surface area contributed by atoms with Crippen molar-refractivity contribution in [3.63, 3.8) is 0 Å². The van der Waals surface area contributed by atoms with Crippen molar-refractivity contribution in [3.8, 4) is 0 Å². The summed E-state index contributed by atoms with van der Waals surface area (Å²) >= 11 is 0. The standard InChI is InChI=1S/C11H13N3O2/c1-13-6-5-12-10(13)8-14(2)11(15)9-4-3-7-16-9/h3-7H,8H2,1-2H3. The third-order valence-corrected chi connectivity index (χ3v) is 2.38. The Labute approximate surface area is 93.3 Å². The van der Waals surface area contributed by atoms with Crippen LogP contribution in [0.3, 0.4) is 0 Å². The first kappa shape index (κ1) is 10.5. The van der Waals surface area contributed by atoms with Gasteiger partial charge in [-0.15, -0.1) is 0 Å². The third-order valence-electron chi connectivity index (χ3n) is 2.38. The average Bonchev–Trinajstić information content (AvgIpc) is 2.89. The molecule has 2 rings (SSSR count). The van der Waals surface area contributed by atoms with Crippen LogP contribution in [0.25, 0.3) is 0 Å². The van der Waals surface area contributed by atoms with Gasteiger partial charge in [-0.1, -0.05) is 0 Å². The van der Waals surface area contributed by atoms with Crippen molar-refractivity contribution >= 4 is 5.91 Å². The van der Waals surface area contributed by atoms with Crippen molar-refractivity contribution in [1.29, 1.82) is 0 Å². The summed E-state index contributed by atoms with van der Waals surface area (Å²) in [5.41, 5.74) is 0. The van der Waals surface area contributed by atoms with E-state index in [-0.39, 0.29) is 5.91 Å². The van der Waals surface area contributed by atoms with E-state index in [4.69, 9.17) is 4.42 Å². The van der Waals surface area contributed by atoms with Gasteiger partial charge in [0.1, 0.15) is 5.82 Å². The van der Waals surface area contributed by atoms with Gasteiger partial charge in [-0.25, -0.2) is 4.98 Å². The second-order valence-electron chi connectivity index (χ2n) is 3.59. The van der Waals surface area contributed by atoms with Crippen molar-refractivity contribution < 1.29 is 9.21 Å². The van der Waals surface area contributed by atoms with Crippen molar-refractivity contribution in [1.82, 2.24) is 14.5 Å². The number of nitrogens with zero attached hydrogens (tertiary/aromatic N) is 3. The van der Waals surface area contributed by atoms with Crippen LogP contribution in [0.4, 0.5) is 0 Å². The summed E-state index contributed by atoms with van der Waals surface area (Å²) in [5, 5.41) is 0. The molecule has 0 aliphatic heterocycles. The topological polar surface area (TPSA) is 51.3 Å². The van der Waals surface area contributed by atoms with Crippen LogP contribution in [-0.2, 0) is 13.6 Å². The van der Waals surface area contributed by atoms with E-state index < -0.39 is 0 Å². The maximum absolute atomic E-state index is 11.8. The highest BCUT2D eigenvalue weighted by Gasteiger charge is 2.15. The highest BCUT2D eigenvalue weighted by Crippen LogP contribution is 2.07. The Morgan fingerprint density at radius 2 is 2.44 bits per heavy atom. The summed E-state index contributed by atoms with van der Waals surface area (Å²) < 4.78 is 6.93. The Hall–Kier alpha value is -2.04. The summed E-state index contributed by atoms with van der Waals surface area (Å²) in [7, 11) is 3.62. The molecule has 1 amide bonds. The molecule has 5 heteroatoms. The lowest BCUT2D eigenvalue weighted by Gasteiger charge is -2.15. The van der Waals surface area contributed by atoms with E-state index in [0.29, 0.717) is 12.3 Å². The summed E-state index contributed by atoms with van der Waals surface area (Å²) in [6.45, 7) is 0.461. The van der Waals surface area contributed by atoms with Gasteiger partial charge >= 0.3 is 0 Å². The molecule has 0 saturated carbocycles. The number of furan rings is 1. The molecule has 0 aliphatic rings. The first-order valence-corrected chi connectivity index (χ1v) is 4.93. The molecule has 2 aromatic heterocycles. The number of imidazole rings is 1. The Morgan fingerprint density at radius 3 is 3.00 bits per heavy atom. The SMILES string of the molecule is CN(Cc1nccn1C)C(=O)c1ccco1. The van der Waals surface area contributed by atoms with Crippen LogP contribution < -0.4 is 0 Å². The van der Waals surface area contributed by atoms with Gasteiger partial charge in [-0.2, -0.15) is 0 Å². The fourth-order valence-corrected chi connectivity index (χ4v) is 1.42. The molecule has 5 nitrogen and oxygen atoms in total. The van der Waals surface area contributed by atoms with Crippen LogP contribution in [0, 0.1) is 0 Å². The Morgan fingerprint density at radius 1 is 1.62 bits per heavy atom. The minimum atomic E-state index is -0.145. The second kappa shape index (κ2) is 4.22. The van der Waals surface area contributed by atoms with E-state index in [0.717, 1.165) is 5.82 Å². The van der Waals surface area contributed by atoms with Crippen LogP contribution >= 0.6 is 0 Å². The van der Waals surface area contributed by atoms with Gasteiger partial charge in [0.2, 0.25) is 0 Å². The molecule has 84 valence electrons. The maximum Gasteiger partial charge on any atom is 0.289 e. The summed E-state index contributed by atoms with van der Waals surface area (Å²) in [6.07, 6.45) is 5.04. The van der Waals surface area contributed by atoms with Gasteiger partial charge in [0.15, 0.2) is 5.76 Å². The van der Waals surface area contributed by atoms with Crippen LogP contribution in [-0.4, -0.2) is 27.4 Å². The molecular weight excluding hydrogens is 206 g/mol. The zero-order chi connectivity index (χ0) is 11.5. The number of rotatable bonds is 3. The predicted octanol–water partition coefficient (Wildman–Crippen LogP) is 1.29. The van der Waals surface area contributed by atoms with Crippen molar-refractivity contribution in [2.75, 3.05) is 7.05 Å². The molecular formula is C11H13N3O2. The zero-order valence-electron chi connectivity index (χ0n) is 9.25. The number of carbonyl (C=O) groups excluding carboxylic acids is 1. The number of amides is 1. The first-order valence-electron chi connectivity index (χ1n) is 4.93. The first-order chi connectivity index (χ1) is 7.68. The number of aromatic nitrogens is 2. The van der Waals surface area contributed by atoms with E-state index in [9.17, 15) is 4.79 Å². The molecule has 0 N–H and O–H groups in total. The van der Waals surface area contributed by atoms with Crippen LogP contribution in [0.15, 0.2) is 35.2 Å². The third kappa shape index (κ3) is 1.98. The van der Waals surface area contributed by atoms with Gasteiger partial charge in [-0.05, 0) is 12.1 Å². The smallest absolute Gasteiger partial charge is 0.289 e. The van der Waals surface area contributed by atoms with Crippen LogP contribution in [0.2, 0.25) is 0 Å². The molecule has 16 heavy (non-hydrogen) atoms. The lowest BCUT2D eigenvalue weighted by atomic mass is 10.4. The molecule has 0 aliphatic carbocycles. The van der Waals surface area contributed by atoms with Crippen molar-refractivity contribution in [2.24, 2.45) is 7.05 Å². The molecule has 0 fully saturated rings. The van der Waals surface area contributed by atoms with Gasteiger partial charge in [-0.3, -0.25) is 4.79 Å². The van der Waals surface area contributed by atoms with Crippen LogP contribution in [0.1, 0.15) is 16.4 Å². The van der Waals surface area contributed by atoms with Crippen LogP contribution in [0.5, 0.6) is 0 Å².